The quantitative estimate of drug-likeness (QED) is 0.791. The summed E-state index contributed by atoms with van der Waals surface area (Å²) in [5, 5.41) is 7.03. The molecule has 0 unspecified atom stereocenters. The second-order valence-corrected chi connectivity index (χ2v) is 5.95. The molecule has 3 heterocycles. The van der Waals surface area contributed by atoms with Crippen LogP contribution in [0.3, 0.4) is 0 Å². The summed E-state index contributed by atoms with van der Waals surface area (Å²) in [7, 11) is 0. The third-order valence-corrected chi connectivity index (χ3v) is 4.26. The van der Waals surface area contributed by atoms with Gasteiger partial charge in [-0.2, -0.15) is 4.52 Å². The van der Waals surface area contributed by atoms with Gasteiger partial charge in [0.2, 0.25) is 0 Å². The van der Waals surface area contributed by atoms with E-state index in [0.29, 0.717) is 11.2 Å². The van der Waals surface area contributed by atoms with Crippen LogP contribution in [0, 0.1) is 0 Å². The van der Waals surface area contributed by atoms with E-state index >= 15 is 0 Å². The summed E-state index contributed by atoms with van der Waals surface area (Å²) in [6.07, 6.45) is 3.62. The van der Waals surface area contributed by atoms with Gasteiger partial charge in [-0.15, -0.1) is 5.10 Å². The Kier molecular flexibility index (Phi) is 3.89. The monoisotopic (exact) mass is 335 g/mol. The van der Waals surface area contributed by atoms with Crippen LogP contribution in [-0.2, 0) is 0 Å². The maximum absolute atomic E-state index is 12.7. The molecule has 7 nitrogen and oxygen atoms in total. The van der Waals surface area contributed by atoms with Gasteiger partial charge >= 0.3 is 0 Å². The Hall–Kier alpha value is -3.22. The van der Waals surface area contributed by atoms with E-state index in [2.05, 4.69) is 20.3 Å². The van der Waals surface area contributed by atoms with Crippen LogP contribution in [0.15, 0.2) is 53.5 Å². The van der Waals surface area contributed by atoms with Gasteiger partial charge in [0, 0.05) is 18.7 Å². The Morgan fingerprint density at radius 3 is 2.56 bits per heavy atom. The van der Waals surface area contributed by atoms with E-state index in [4.69, 9.17) is 0 Å². The highest BCUT2D eigenvalue weighted by Gasteiger charge is 2.16. The van der Waals surface area contributed by atoms with E-state index in [9.17, 15) is 9.59 Å². The summed E-state index contributed by atoms with van der Waals surface area (Å²) in [5.41, 5.74) is 0.643. The van der Waals surface area contributed by atoms with Gasteiger partial charge in [-0.1, -0.05) is 18.2 Å². The molecule has 4 rings (SSSR count). The third-order valence-electron chi connectivity index (χ3n) is 4.26. The van der Waals surface area contributed by atoms with Crippen molar-refractivity contribution in [3.8, 4) is 0 Å². The molecule has 1 aliphatic heterocycles. The molecule has 0 radical (unpaired) electrons. The van der Waals surface area contributed by atoms with Crippen LogP contribution in [-0.4, -0.2) is 33.6 Å². The fourth-order valence-corrected chi connectivity index (χ4v) is 2.94. The van der Waals surface area contributed by atoms with Crippen LogP contribution < -0.4 is 15.8 Å². The number of benzene rings is 1. The molecule has 0 aliphatic carbocycles. The Bertz CT molecular complexity index is 978. The van der Waals surface area contributed by atoms with E-state index < -0.39 is 5.56 Å². The van der Waals surface area contributed by atoms with Crippen molar-refractivity contribution < 1.29 is 4.79 Å². The Balaban J connectivity index is 1.69. The van der Waals surface area contributed by atoms with Gasteiger partial charge in [0.25, 0.3) is 11.5 Å². The minimum atomic E-state index is -0.393. The fourth-order valence-electron chi connectivity index (χ4n) is 2.94. The second kappa shape index (κ2) is 6.35. The summed E-state index contributed by atoms with van der Waals surface area (Å²) >= 11 is 0. The summed E-state index contributed by atoms with van der Waals surface area (Å²) in [6, 6.07) is 12.4. The number of amides is 1. The molecule has 0 bridgehead atoms. The molecule has 1 saturated heterocycles. The number of hydrogen-bond acceptors (Lipinski definition) is 5. The predicted molar refractivity (Wildman–Crippen MR) is 95.1 cm³/mol. The lowest BCUT2D eigenvalue weighted by Gasteiger charge is -2.16. The lowest BCUT2D eigenvalue weighted by Crippen LogP contribution is -2.27. The molecule has 2 aromatic heterocycles. The van der Waals surface area contributed by atoms with Gasteiger partial charge in [0.15, 0.2) is 5.65 Å². The molecule has 0 saturated carbocycles. The highest BCUT2D eigenvalue weighted by molar-refractivity contribution is 6.04. The normalized spacial score (nSPS) is 14.0. The number of nitrogens with zero attached hydrogens (tertiary/aromatic N) is 4. The lowest BCUT2D eigenvalue weighted by molar-refractivity contribution is 0.102. The van der Waals surface area contributed by atoms with E-state index in [1.165, 1.54) is 10.7 Å². The molecule has 1 amide bonds. The number of fused-ring (bicyclic) bond motifs is 1. The summed E-state index contributed by atoms with van der Waals surface area (Å²) in [5.74, 6) is 0.399. The second-order valence-electron chi connectivity index (χ2n) is 5.95. The van der Waals surface area contributed by atoms with Crippen LogP contribution >= 0.6 is 0 Å². The van der Waals surface area contributed by atoms with E-state index in [-0.39, 0.29) is 11.6 Å². The topological polar surface area (TPSA) is 79.6 Å². The molecule has 0 spiro atoms. The Labute approximate surface area is 143 Å². The number of nitrogens with one attached hydrogen (secondary N) is 1. The zero-order chi connectivity index (χ0) is 17.2. The Morgan fingerprint density at radius 2 is 1.80 bits per heavy atom. The number of rotatable bonds is 3. The van der Waals surface area contributed by atoms with Crippen LogP contribution in [0.4, 0.5) is 11.5 Å². The maximum Gasteiger partial charge on any atom is 0.298 e. The molecule has 126 valence electrons. The number of carbonyl (C=O) groups is 1. The molecule has 1 aliphatic rings. The molecule has 3 aromatic rings. The SMILES string of the molecule is O=C(Nc1cnc2ccc(N3CCCC3)nn2c1=O)c1ccccc1. The van der Waals surface area contributed by atoms with Gasteiger partial charge in [0.05, 0.1) is 6.20 Å². The minimum Gasteiger partial charge on any atom is -0.355 e. The van der Waals surface area contributed by atoms with Crippen molar-refractivity contribution in [1.29, 1.82) is 0 Å². The molecular weight excluding hydrogens is 318 g/mol. The van der Waals surface area contributed by atoms with Gasteiger partial charge in [-0.05, 0) is 37.1 Å². The van der Waals surface area contributed by atoms with Gasteiger partial charge in [-0.3, -0.25) is 9.59 Å². The van der Waals surface area contributed by atoms with E-state index in [1.54, 1.807) is 30.3 Å². The predicted octanol–water partition coefficient (Wildman–Crippen LogP) is 1.94. The molecular formula is C18H17N5O2. The first-order chi connectivity index (χ1) is 12.2. The van der Waals surface area contributed by atoms with Gasteiger partial charge in [0.1, 0.15) is 11.5 Å². The molecule has 25 heavy (non-hydrogen) atoms. The lowest BCUT2D eigenvalue weighted by atomic mass is 10.2. The van der Waals surface area contributed by atoms with Crippen molar-refractivity contribution in [3.05, 3.63) is 64.6 Å². The zero-order valence-corrected chi connectivity index (χ0v) is 13.6. The largest absolute Gasteiger partial charge is 0.355 e. The third kappa shape index (κ3) is 2.96. The highest BCUT2D eigenvalue weighted by atomic mass is 16.2. The van der Waals surface area contributed by atoms with Gasteiger partial charge in [-0.25, -0.2) is 4.98 Å². The first kappa shape index (κ1) is 15.3. The summed E-state index contributed by atoms with van der Waals surface area (Å²) < 4.78 is 1.24. The van der Waals surface area contributed by atoms with Crippen molar-refractivity contribution in [2.75, 3.05) is 23.3 Å². The zero-order valence-electron chi connectivity index (χ0n) is 13.6. The molecule has 1 aromatic carbocycles. The fraction of sp³-hybridized carbons (Fsp3) is 0.222. The van der Waals surface area contributed by atoms with E-state index in [1.807, 2.05) is 12.1 Å². The highest BCUT2D eigenvalue weighted by Crippen LogP contribution is 2.17. The van der Waals surface area contributed by atoms with Crippen molar-refractivity contribution in [1.82, 2.24) is 14.6 Å². The smallest absolute Gasteiger partial charge is 0.298 e. The summed E-state index contributed by atoms with van der Waals surface area (Å²) in [4.78, 5) is 31.3. The van der Waals surface area contributed by atoms with Crippen LogP contribution in [0.5, 0.6) is 0 Å². The molecule has 1 N–H and O–H groups in total. The maximum atomic E-state index is 12.7. The first-order valence-corrected chi connectivity index (χ1v) is 8.23. The summed E-state index contributed by atoms with van der Waals surface area (Å²) in [6.45, 7) is 1.87. The molecule has 1 fully saturated rings. The number of carbonyl (C=O) groups excluding carboxylic acids is 1. The van der Waals surface area contributed by atoms with Crippen LogP contribution in [0.25, 0.3) is 5.65 Å². The van der Waals surface area contributed by atoms with Crippen molar-refractivity contribution in [2.45, 2.75) is 12.8 Å². The molecule has 7 heteroatoms. The van der Waals surface area contributed by atoms with Crippen LogP contribution in [0.1, 0.15) is 23.2 Å². The standard InChI is InChI=1S/C18H17N5O2/c24-17(13-6-2-1-3-7-13)20-14-12-19-15-8-9-16(21-23(15)18(14)25)22-10-4-5-11-22/h1-3,6-9,12H,4-5,10-11H2,(H,20,24). The number of anilines is 2. The van der Waals surface area contributed by atoms with Crippen molar-refractivity contribution in [3.63, 3.8) is 0 Å². The van der Waals surface area contributed by atoms with Gasteiger partial charge < -0.3 is 10.2 Å². The van der Waals surface area contributed by atoms with Crippen molar-refractivity contribution in [2.24, 2.45) is 0 Å². The van der Waals surface area contributed by atoms with Crippen LogP contribution in [0.2, 0.25) is 0 Å². The minimum absolute atomic E-state index is 0.109. The average molecular weight is 335 g/mol. The average Bonchev–Trinajstić information content (AvgIpc) is 3.19. The molecule has 0 atom stereocenters. The van der Waals surface area contributed by atoms with Crippen molar-refractivity contribution >= 4 is 23.1 Å². The number of hydrogen-bond donors (Lipinski definition) is 1. The Morgan fingerprint density at radius 1 is 1.04 bits per heavy atom. The van der Waals surface area contributed by atoms with E-state index in [0.717, 1.165) is 31.7 Å². The first-order valence-electron chi connectivity index (χ1n) is 8.23. The number of aromatic nitrogens is 3.